The Morgan fingerprint density at radius 1 is 1.19 bits per heavy atom. The molecule has 21 heavy (non-hydrogen) atoms. The van der Waals surface area contributed by atoms with Crippen LogP contribution < -0.4 is 5.32 Å². The molecule has 2 heterocycles. The number of nitrogens with one attached hydrogen (secondary N) is 1. The van der Waals surface area contributed by atoms with Crippen molar-refractivity contribution < 1.29 is 4.42 Å². The molecule has 0 bridgehead atoms. The second-order valence-electron chi connectivity index (χ2n) is 5.27. The number of aryl methyl sites for hydroxylation is 2. The minimum Gasteiger partial charge on any atom is -0.459 e. The van der Waals surface area contributed by atoms with Gasteiger partial charge in [-0.2, -0.15) is 0 Å². The van der Waals surface area contributed by atoms with E-state index < -0.39 is 0 Å². The quantitative estimate of drug-likeness (QED) is 0.779. The molecule has 108 valence electrons. The molecule has 0 amide bonds. The predicted molar refractivity (Wildman–Crippen MR) is 85.8 cm³/mol. The molecule has 1 unspecified atom stereocenters. The summed E-state index contributed by atoms with van der Waals surface area (Å²) in [4.78, 5) is 4.56. The van der Waals surface area contributed by atoms with E-state index in [2.05, 4.69) is 23.3 Å². The summed E-state index contributed by atoms with van der Waals surface area (Å²) >= 11 is 6.03. The summed E-state index contributed by atoms with van der Waals surface area (Å²) in [6, 6.07) is 9.71. The lowest BCUT2D eigenvalue weighted by Crippen LogP contribution is -2.19. The molecule has 0 aliphatic heterocycles. The number of halogens is 1. The largest absolute Gasteiger partial charge is 0.459 e. The Balaban J connectivity index is 2.09. The third kappa shape index (κ3) is 2.67. The summed E-state index contributed by atoms with van der Waals surface area (Å²) in [6.07, 6.45) is 1.88. The van der Waals surface area contributed by atoms with Crippen LogP contribution in [0.15, 0.2) is 40.9 Å². The van der Waals surface area contributed by atoms with Crippen molar-refractivity contribution in [3.05, 3.63) is 64.1 Å². The maximum atomic E-state index is 6.03. The molecule has 0 aliphatic carbocycles. The van der Waals surface area contributed by atoms with E-state index in [9.17, 15) is 0 Å². The maximum Gasteiger partial charge on any atom is 0.134 e. The zero-order valence-electron chi connectivity index (χ0n) is 12.3. The number of aromatic nitrogens is 1. The Morgan fingerprint density at radius 3 is 2.71 bits per heavy atom. The van der Waals surface area contributed by atoms with E-state index in [1.54, 1.807) is 0 Å². The normalized spacial score (nSPS) is 12.8. The van der Waals surface area contributed by atoms with Crippen LogP contribution in [-0.2, 0) is 0 Å². The Hall–Kier alpha value is -1.84. The molecule has 4 heteroatoms. The number of nitrogens with zero attached hydrogens (tertiary/aromatic N) is 1. The van der Waals surface area contributed by atoms with Gasteiger partial charge in [-0.1, -0.05) is 17.7 Å². The molecule has 1 aromatic carbocycles. The first-order valence-electron chi connectivity index (χ1n) is 6.88. The first-order chi connectivity index (χ1) is 10.1. The monoisotopic (exact) mass is 300 g/mol. The zero-order chi connectivity index (χ0) is 15.0. The van der Waals surface area contributed by atoms with Gasteiger partial charge in [0.2, 0.25) is 0 Å². The van der Waals surface area contributed by atoms with Crippen molar-refractivity contribution in [1.29, 1.82) is 0 Å². The lowest BCUT2D eigenvalue weighted by atomic mass is 10.0. The van der Waals surface area contributed by atoms with E-state index in [-0.39, 0.29) is 6.04 Å². The van der Waals surface area contributed by atoms with Gasteiger partial charge in [-0.25, -0.2) is 0 Å². The van der Waals surface area contributed by atoms with Gasteiger partial charge in [-0.3, -0.25) is 4.98 Å². The SMILES string of the molecule is CNC(c1cc2cc(Cl)ccc2o1)c1ncc(C)cc1C. The Bertz CT molecular complexity index is 795. The van der Waals surface area contributed by atoms with Crippen LogP contribution >= 0.6 is 11.6 Å². The minimum absolute atomic E-state index is 0.0724. The molecule has 0 saturated heterocycles. The molecular weight excluding hydrogens is 284 g/mol. The number of rotatable bonds is 3. The second-order valence-corrected chi connectivity index (χ2v) is 5.70. The first-order valence-corrected chi connectivity index (χ1v) is 7.25. The van der Waals surface area contributed by atoms with Gasteiger partial charge >= 0.3 is 0 Å². The van der Waals surface area contributed by atoms with Crippen LogP contribution in [0.3, 0.4) is 0 Å². The zero-order valence-corrected chi connectivity index (χ0v) is 13.0. The molecule has 3 nitrogen and oxygen atoms in total. The lowest BCUT2D eigenvalue weighted by Gasteiger charge is -2.15. The molecule has 0 fully saturated rings. The van der Waals surface area contributed by atoms with E-state index in [4.69, 9.17) is 16.0 Å². The smallest absolute Gasteiger partial charge is 0.134 e. The summed E-state index contributed by atoms with van der Waals surface area (Å²) in [7, 11) is 1.91. The number of hydrogen-bond donors (Lipinski definition) is 1. The molecule has 2 aromatic heterocycles. The number of fused-ring (bicyclic) bond motifs is 1. The third-order valence-electron chi connectivity index (χ3n) is 3.60. The Labute approximate surface area is 128 Å². The van der Waals surface area contributed by atoms with Crippen molar-refractivity contribution in [2.45, 2.75) is 19.9 Å². The molecule has 3 rings (SSSR count). The average molecular weight is 301 g/mol. The highest BCUT2D eigenvalue weighted by molar-refractivity contribution is 6.31. The molecule has 0 radical (unpaired) electrons. The summed E-state index contributed by atoms with van der Waals surface area (Å²) in [5.41, 5.74) is 4.11. The van der Waals surface area contributed by atoms with Gasteiger partial charge < -0.3 is 9.73 Å². The van der Waals surface area contributed by atoms with Crippen molar-refractivity contribution in [2.24, 2.45) is 0 Å². The van der Waals surface area contributed by atoms with E-state index in [0.717, 1.165) is 33.6 Å². The van der Waals surface area contributed by atoms with Crippen molar-refractivity contribution >= 4 is 22.6 Å². The Kier molecular flexibility index (Phi) is 3.70. The van der Waals surface area contributed by atoms with Crippen molar-refractivity contribution in [1.82, 2.24) is 10.3 Å². The average Bonchev–Trinajstić information content (AvgIpc) is 2.84. The fourth-order valence-electron chi connectivity index (χ4n) is 2.62. The van der Waals surface area contributed by atoms with Crippen molar-refractivity contribution in [3.63, 3.8) is 0 Å². The fraction of sp³-hybridized carbons (Fsp3) is 0.235. The van der Waals surface area contributed by atoms with Crippen LogP contribution in [0.4, 0.5) is 0 Å². The van der Waals surface area contributed by atoms with Crippen molar-refractivity contribution in [3.8, 4) is 0 Å². The molecule has 3 aromatic rings. The second kappa shape index (κ2) is 5.51. The van der Waals surface area contributed by atoms with Crippen LogP contribution in [0.5, 0.6) is 0 Å². The molecule has 0 spiro atoms. The minimum atomic E-state index is -0.0724. The Morgan fingerprint density at radius 2 is 2.00 bits per heavy atom. The van der Waals surface area contributed by atoms with Crippen LogP contribution in [0.1, 0.15) is 28.6 Å². The fourth-order valence-corrected chi connectivity index (χ4v) is 2.80. The van der Waals surface area contributed by atoms with Crippen LogP contribution in [0.25, 0.3) is 11.0 Å². The summed E-state index contributed by atoms with van der Waals surface area (Å²) in [5.74, 6) is 0.842. The van der Waals surface area contributed by atoms with Crippen LogP contribution in [0.2, 0.25) is 5.02 Å². The number of benzene rings is 1. The van der Waals surface area contributed by atoms with E-state index in [1.807, 2.05) is 44.4 Å². The number of pyridine rings is 1. The molecule has 0 aliphatic rings. The lowest BCUT2D eigenvalue weighted by molar-refractivity contribution is 0.484. The van der Waals surface area contributed by atoms with Gasteiger partial charge in [-0.05, 0) is 56.3 Å². The van der Waals surface area contributed by atoms with E-state index in [0.29, 0.717) is 5.02 Å². The van der Waals surface area contributed by atoms with Gasteiger partial charge in [-0.15, -0.1) is 0 Å². The first kappa shape index (κ1) is 14.1. The van der Waals surface area contributed by atoms with E-state index in [1.165, 1.54) is 0 Å². The van der Waals surface area contributed by atoms with Gasteiger partial charge in [0.15, 0.2) is 0 Å². The summed E-state index contributed by atoms with van der Waals surface area (Å²) < 4.78 is 5.95. The topological polar surface area (TPSA) is 38.1 Å². The van der Waals surface area contributed by atoms with Crippen LogP contribution in [-0.4, -0.2) is 12.0 Å². The third-order valence-corrected chi connectivity index (χ3v) is 3.83. The maximum absolute atomic E-state index is 6.03. The number of furan rings is 1. The van der Waals surface area contributed by atoms with Gasteiger partial charge in [0.1, 0.15) is 17.4 Å². The highest BCUT2D eigenvalue weighted by Crippen LogP contribution is 2.30. The van der Waals surface area contributed by atoms with Crippen LogP contribution in [0, 0.1) is 13.8 Å². The summed E-state index contributed by atoms with van der Waals surface area (Å²) in [5, 5.41) is 4.99. The van der Waals surface area contributed by atoms with Crippen molar-refractivity contribution in [2.75, 3.05) is 7.05 Å². The predicted octanol–water partition coefficient (Wildman–Crippen LogP) is 4.41. The highest BCUT2D eigenvalue weighted by Gasteiger charge is 2.20. The molecule has 0 saturated carbocycles. The molecule has 1 atom stereocenters. The van der Waals surface area contributed by atoms with E-state index >= 15 is 0 Å². The standard InChI is InChI=1S/C17H17ClN2O/c1-10-6-11(2)16(20-9-10)17(19-3)15-8-12-7-13(18)4-5-14(12)21-15/h4-9,17,19H,1-3H3. The molecule has 1 N–H and O–H groups in total. The highest BCUT2D eigenvalue weighted by atomic mass is 35.5. The summed E-state index contributed by atoms with van der Waals surface area (Å²) in [6.45, 7) is 4.11. The van der Waals surface area contributed by atoms with Gasteiger partial charge in [0.25, 0.3) is 0 Å². The number of hydrogen-bond acceptors (Lipinski definition) is 3. The van der Waals surface area contributed by atoms with Gasteiger partial charge in [0, 0.05) is 16.6 Å². The molecular formula is C17H17ClN2O. The van der Waals surface area contributed by atoms with Gasteiger partial charge in [0.05, 0.1) is 5.69 Å².